The molecule has 0 amide bonds. The van der Waals surface area contributed by atoms with E-state index in [1.165, 1.54) is 25.9 Å². The third-order valence-corrected chi connectivity index (χ3v) is 3.57. The van der Waals surface area contributed by atoms with Gasteiger partial charge in [0.1, 0.15) is 0 Å². The van der Waals surface area contributed by atoms with E-state index in [1.807, 2.05) is 0 Å². The van der Waals surface area contributed by atoms with E-state index in [0.29, 0.717) is 5.92 Å². The molecule has 0 bridgehead atoms. The van der Waals surface area contributed by atoms with Crippen LogP contribution in [0.4, 0.5) is 0 Å². The molecule has 0 N–H and O–H groups in total. The van der Waals surface area contributed by atoms with E-state index in [0.717, 1.165) is 18.5 Å². The molecule has 0 aromatic rings. The van der Waals surface area contributed by atoms with Crippen LogP contribution in [0.5, 0.6) is 0 Å². The van der Waals surface area contributed by atoms with Crippen LogP contribution >= 0.6 is 11.6 Å². The predicted molar refractivity (Wildman–Crippen MR) is 63.0 cm³/mol. The fourth-order valence-corrected chi connectivity index (χ4v) is 2.21. The fourth-order valence-electron chi connectivity index (χ4n) is 2.11. The molecule has 1 saturated heterocycles. The second-order valence-electron chi connectivity index (χ2n) is 4.78. The van der Waals surface area contributed by atoms with Gasteiger partial charge in [0.15, 0.2) is 0 Å². The van der Waals surface area contributed by atoms with E-state index in [4.69, 9.17) is 11.6 Å². The molecule has 3 heteroatoms. The topological polar surface area (TPSA) is 6.48 Å². The molecular weight excluding hydrogens is 196 g/mol. The zero-order valence-corrected chi connectivity index (χ0v) is 10.4. The molecule has 0 saturated carbocycles. The maximum atomic E-state index is 5.83. The second-order valence-corrected chi connectivity index (χ2v) is 5.09. The summed E-state index contributed by atoms with van der Waals surface area (Å²) >= 11 is 5.83. The first-order valence-corrected chi connectivity index (χ1v) is 6.11. The van der Waals surface area contributed by atoms with Crippen molar-refractivity contribution >= 4 is 11.6 Å². The first-order chi connectivity index (χ1) is 6.63. The van der Waals surface area contributed by atoms with Crippen LogP contribution in [0.1, 0.15) is 19.8 Å². The third kappa shape index (κ3) is 3.76. The number of alkyl halides is 1. The van der Waals surface area contributed by atoms with Gasteiger partial charge >= 0.3 is 0 Å². The average Bonchev–Trinajstić information content (AvgIpc) is 2.18. The molecule has 1 aliphatic heterocycles. The van der Waals surface area contributed by atoms with Crippen LogP contribution in [0.25, 0.3) is 0 Å². The van der Waals surface area contributed by atoms with Gasteiger partial charge in [-0.3, -0.25) is 0 Å². The second kappa shape index (κ2) is 5.94. The number of piperidine rings is 1. The summed E-state index contributed by atoms with van der Waals surface area (Å²) in [5, 5.41) is 0. The van der Waals surface area contributed by atoms with Gasteiger partial charge in [-0.05, 0) is 39.4 Å². The highest BCUT2D eigenvalue weighted by molar-refractivity contribution is 6.18. The summed E-state index contributed by atoms with van der Waals surface area (Å²) in [6, 6.07) is 0.742. The minimum absolute atomic E-state index is 0.623. The lowest BCUT2D eigenvalue weighted by atomic mass is 10.0. The Balaban J connectivity index is 2.32. The van der Waals surface area contributed by atoms with Gasteiger partial charge in [-0.2, -0.15) is 0 Å². The zero-order valence-electron chi connectivity index (χ0n) is 9.67. The molecule has 84 valence electrons. The normalized spacial score (nSPS) is 26.8. The van der Waals surface area contributed by atoms with Crippen LogP contribution in [0.15, 0.2) is 0 Å². The van der Waals surface area contributed by atoms with Gasteiger partial charge in [-0.15, -0.1) is 11.6 Å². The average molecular weight is 219 g/mol. The molecule has 1 heterocycles. The number of rotatable bonds is 4. The molecule has 0 radical (unpaired) electrons. The minimum atomic E-state index is 0.623. The van der Waals surface area contributed by atoms with E-state index in [1.54, 1.807) is 0 Å². The van der Waals surface area contributed by atoms with E-state index in [9.17, 15) is 0 Å². The lowest BCUT2D eigenvalue weighted by Crippen LogP contribution is -2.46. The molecule has 0 spiro atoms. The molecule has 2 nitrogen and oxygen atoms in total. The molecular formula is C11H23ClN2. The SMILES string of the molecule is CC(CCl)CN1CCCC(N(C)C)C1. The first kappa shape index (κ1) is 12.3. The quantitative estimate of drug-likeness (QED) is 0.665. The molecule has 2 atom stereocenters. The predicted octanol–water partition coefficient (Wildman–Crippen LogP) is 1.89. The van der Waals surface area contributed by atoms with Gasteiger partial charge in [-0.1, -0.05) is 6.92 Å². The Hall–Kier alpha value is 0.210. The van der Waals surface area contributed by atoms with Crippen molar-refractivity contribution in [2.75, 3.05) is 39.6 Å². The summed E-state index contributed by atoms with van der Waals surface area (Å²) in [5.41, 5.74) is 0. The number of nitrogens with zero attached hydrogens (tertiary/aromatic N) is 2. The Morgan fingerprint density at radius 3 is 2.79 bits per heavy atom. The molecule has 0 aromatic heterocycles. The number of halogens is 1. The Labute approximate surface area is 93.2 Å². The number of likely N-dealkylation sites (tertiary alicyclic amines) is 1. The van der Waals surface area contributed by atoms with Gasteiger partial charge in [0.25, 0.3) is 0 Å². The summed E-state index contributed by atoms with van der Waals surface area (Å²) < 4.78 is 0. The highest BCUT2D eigenvalue weighted by atomic mass is 35.5. The van der Waals surface area contributed by atoms with Crippen LogP contribution in [0, 0.1) is 5.92 Å². The van der Waals surface area contributed by atoms with Gasteiger partial charge in [0, 0.05) is 25.0 Å². The smallest absolute Gasteiger partial charge is 0.0261 e. The van der Waals surface area contributed by atoms with Crippen molar-refractivity contribution in [3.8, 4) is 0 Å². The highest BCUT2D eigenvalue weighted by Crippen LogP contribution is 2.15. The standard InChI is InChI=1S/C11H23ClN2/c1-10(7-12)8-14-6-4-5-11(9-14)13(2)3/h10-11H,4-9H2,1-3H3. The lowest BCUT2D eigenvalue weighted by molar-refractivity contribution is 0.123. The summed E-state index contributed by atoms with van der Waals surface area (Å²) in [4.78, 5) is 4.90. The molecule has 2 unspecified atom stereocenters. The Morgan fingerprint density at radius 2 is 2.21 bits per heavy atom. The molecule has 1 aliphatic rings. The number of likely N-dealkylation sites (N-methyl/N-ethyl adjacent to an activating group) is 1. The summed E-state index contributed by atoms with van der Waals surface area (Å²) in [6.45, 7) is 5.86. The van der Waals surface area contributed by atoms with Crippen LogP contribution < -0.4 is 0 Å². The fraction of sp³-hybridized carbons (Fsp3) is 1.00. The van der Waals surface area contributed by atoms with E-state index in [-0.39, 0.29) is 0 Å². The van der Waals surface area contributed by atoms with Crippen LogP contribution in [0.3, 0.4) is 0 Å². The summed E-state index contributed by atoms with van der Waals surface area (Å²) in [7, 11) is 4.36. The molecule has 1 fully saturated rings. The van der Waals surface area contributed by atoms with E-state index >= 15 is 0 Å². The first-order valence-electron chi connectivity index (χ1n) is 5.58. The van der Waals surface area contributed by atoms with E-state index in [2.05, 4.69) is 30.8 Å². The Bertz CT molecular complexity index is 161. The number of hydrogen-bond donors (Lipinski definition) is 0. The largest absolute Gasteiger partial charge is 0.305 e. The third-order valence-electron chi connectivity index (χ3n) is 3.04. The van der Waals surface area contributed by atoms with Gasteiger partial charge < -0.3 is 9.80 Å². The molecule has 0 aliphatic carbocycles. The minimum Gasteiger partial charge on any atom is -0.305 e. The van der Waals surface area contributed by atoms with Crippen LogP contribution in [-0.4, -0.2) is 55.5 Å². The maximum absolute atomic E-state index is 5.83. The van der Waals surface area contributed by atoms with E-state index < -0.39 is 0 Å². The van der Waals surface area contributed by atoms with Gasteiger partial charge in [0.2, 0.25) is 0 Å². The van der Waals surface area contributed by atoms with Crippen LogP contribution in [0.2, 0.25) is 0 Å². The zero-order chi connectivity index (χ0) is 10.6. The molecule has 14 heavy (non-hydrogen) atoms. The summed E-state index contributed by atoms with van der Waals surface area (Å²) in [6.07, 6.45) is 2.68. The summed E-state index contributed by atoms with van der Waals surface area (Å²) in [5.74, 6) is 1.40. The Kier molecular flexibility index (Phi) is 5.21. The van der Waals surface area contributed by atoms with Crippen molar-refractivity contribution in [3.05, 3.63) is 0 Å². The van der Waals surface area contributed by atoms with Gasteiger partial charge in [-0.25, -0.2) is 0 Å². The maximum Gasteiger partial charge on any atom is 0.0261 e. The van der Waals surface area contributed by atoms with Gasteiger partial charge in [0.05, 0.1) is 0 Å². The Morgan fingerprint density at radius 1 is 1.50 bits per heavy atom. The lowest BCUT2D eigenvalue weighted by Gasteiger charge is -2.37. The van der Waals surface area contributed by atoms with Crippen molar-refractivity contribution in [1.82, 2.24) is 9.80 Å². The van der Waals surface area contributed by atoms with Crippen molar-refractivity contribution in [1.29, 1.82) is 0 Å². The van der Waals surface area contributed by atoms with Crippen LogP contribution in [-0.2, 0) is 0 Å². The highest BCUT2D eigenvalue weighted by Gasteiger charge is 2.21. The van der Waals surface area contributed by atoms with Crippen molar-refractivity contribution < 1.29 is 0 Å². The van der Waals surface area contributed by atoms with Crippen molar-refractivity contribution in [2.45, 2.75) is 25.8 Å². The molecule has 1 rings (SSSR count). The van der Waals surface area contributed by atoms with Crippen molar-refractivity contribution in [3.63, 3.8) is 0 Å². The molecule has 0 aromatic carbocycles. The number of hydrogen-bond acceptors (Lipinski definition) is 2. The van der Waals surface area contributed by atoms with Crippen molar-refractivity contribution in [2.24, 2.45) is 5.92 Å². The monoisotopic (exact) mass is 218 g/mol.